The van der Waals surface area contributed by atoms with E-state index in [4.69, 9.17) is 0 Å². The first-order valence-corrected chi connectivity index (χ1v) is 6.10. The molecule has 0 atom stereocenters. The summed E-state index contributed by atoms with van der Waals surface area (Å²) in [5.74, 6) is 0.328. The van der Waals surface area contributed by atoms with Crippen LogP contribution in [0.3, 0.4) is 0 Å². The van der Waals surface area contributed by atoms with Crippen molar-refractivity contribution in [2.75, 3.05) is 0 Å². The molecule has 0 aliphatic heterocycles. The van der Waals surface area contributed by atoms with Gasteiger partial charge in [-0.25, -0.2) is 0 Å². The summed E-state index contributed by atoms with van der Waals surface area (Å²) in [4.78, 5) is 0. The van der Waals surface area contributed by atoms with E-state index in [1.807, 2.05) is 46.8 Å². The molecule has 15 heavy (non-hydrogen) atoms. The lowest BCUT2D eigenvalue weighted by Crippen LogP contribution is -1.70. The molecule has 0 amide bonds. The number of phenols is 1. The zero-order chi connectivity index (χ0) is 11.8. The summed E-state index contributed by atoms with van der Waals surface area (Å²) in [7, 11) is 0. The molecule has 2 rings (SSSR count). The van der Waals surface area contributed by atoms with E-state index in [0.717, 1.165) is 15.8 Å². The molecule has 0 radical (unpaired) electrons. The van der Waals surface area contributed by atoms with Crippen LogP contribution in [0, 0.1) is 6.92 Å². The Morgan fingerprint density at radius 2 is 1.73 bits per heavy atom. The molecule has 2 aromatic rings. The Morgan fingerprint density at radius 1 is 1.13 bits per heavy atom. The van der Waals surface area contributed by atoms with Crippen LogP contribution in [0.15, 0.2) is 18.2 Å². The van der Waals surface area contributed by atoms with E-state index < -0.39 is 0 Å². The molecule has 2 nitrogen and oxygen atoms in total. The van der Waals surface area contributed by atoms with Gasteiger partial charge in [-0.1, -0.05) is 33.8 Å². The lowest BCUT2D eigenvalue weighted by Gasteiger charge is -1.92. The number of benzene rings is 1. The maximum atomic E-state index is 9.41. The molecular formula is C12H19NOS. The van der Waals surface area contributed by atoms with Crippen LogP contribution in [0.4, 0.5) is 0 Å². The number of aromatic hydroxyl groups is 1. The predicted molar refractivity (Wildman–Crippen MR) is 68.7 cm³/mol. The summed E-state index contributed by atoms with van der Waals surface area (Å²) in [6.07, 6.45) is 0. The monoisotopic (exact) mass is 225 g/mol. The Kier molecular flexibility index (Phi) is 6.71. The van der Waals surface area contributed by atoms with E-state index in [-0.39, 0.29) is 0 Å². The Hall–Kier alpha value is -1.09. The van der Waals surface area contributed by atoms with Crippen LogP contribution in [0.25, 0.3) is 10.1 Å². The Morgan fingerprint density at radius 3 is 2.27 bits per heavy atom. The number of phenolic OH excluding ortho intramolecular Hbond substituents is 1. The van der Waals surface area contributed by atoms with Crippen LogP contribution in [0.5, 0.6) is 5.75 Å². The van der Waals surface area contributed by atoms with Gasteiger partial charge < -0.3 is 5.11 Å². The van der Waals surface area contributed by atoms with Crippen LogP contribution in [0.1, 0.15) is 33.4 Å². The SMILES string of the molecule is CC.CC.Cc1nsc2cccc(O)c12. The highest BCUT2D eigenvalue weighted by Crippen LogP contribution is 2.29. The fraction of sp³-hybridized carbons (Fsp3) is 0.417. The normalized spacial score (nSPS) is 8.60. The molecule has 0 saturated carbocycles. The van der Waals surface area contributed by atoms with Crippen molar-refractivity contribution in [2.45, 2.75) is 34.6 Å². The van der Waals surface area contributed by atoms with Gasteiger partial charge in [0.2, 0.25) is 0 Å². The fourth-order valence-electron chi connectivity index (χ4n) is 1.12. The summed E-state index contributed by atoms with van der Waals surface area (Å²) in [6, 6.07) is 5.47. The van der Waals surface area contributed by atoms with E-state index in [1.165, 1.54) is 11.5 Å². The molecular weight excluding hydrogens is 206 g/mol. The first-order valence-electron chi connectivity index (χ1n) is 5.33. The average molecular weight is 225 g/mol. The number of aromatic nitrogens is 1. The molecule has 0 spiro atoms. The lowest BCUT2D eigenvalue weighted by molar-refractivity contribution is 0.481. The van der Waals surface area contributed by atoms with Crippen molar-refractivity contribution in [2.24, 2.45) is 0 Å². The first kappa shape index (κ1) is 13.9. The van der Waals surface area contributed by atoms with Crippen molar-refractivity contribution in [1.29, 1.82) is 0 Å². The molecule has 0 bridgehead atoms. The van der Waals surface area contributed by atoms with E-state index in [9.17, 15) is 5.11 Å². The highest BCUT2D eigenvalue weighted by atomic mass is 32.1. The van der Waals surface area contributed by atoms with Gasteiger partial charge in [0.1, 0.15) is 5.75 Å². The molecule has 84 valence electrons. The Balaban J connectivity index is 0.000000442. The van der Waals surface area contributed by atoms with E-state index in [2.05, 4.69) is 4.37 Å². The Labute approximate surface area is 95.7 Å². The molecule has 0 fully saturated rings. The van der Waals surface area contributed by atoms with Gasteiger partial charge in [-0.15, -0.1) is 0 Å². The van der Waals surface area contributed by atoms with Crippen LogP contribution < -0.4 is 0 Å². The number of aryl methyl sites for hydroxylation is 1. The van der Waals surface area contributed by atoms with Crippen LogP contribution in [-0.2, 0) is 0 Å². The number of hydrogen-bond donors (Lipinski definition) is 1. The predicted octanol–water partition coefficient (Wildman–Crippen LogP) is 4.36. The molecule has 3 heteroatoms. The summed E-state index contributed by atoms with van der Waals surface area (Å²) < 4.78 is 5.18. The van der Waals surface area contributed by atoms with Crippen molar-refractivity contribution in [3.63, 3.8) is 0 Å². The van der Waals surface area contributed by atoms with Gasteiger partial charge in [-0.3, -0.25) is 0 Å². The van der Waals surface area contributed by atoms with E-state index in [1.54, 1.807) is 6.07 Å². The second-order valence-electron chi connectivity index (χ2n) is 2.42. The minimum absolute atomic E-state index is 0.328. The summed E-state index contributed by atoms with van der Waals surface area (Å²) in [5, 5.41) is 10.3. The first-order chi connectivity index (χ1) is 7.29. The number of rotatable bonds is 0. The molecule has 1 aromatic carbocycles. The molecule has 0 aliphatic rings. The lowest BCUT2D eigenvalue weighted by atomic mass is 10.2. The molecule has 1 N–H and O–H groups in total. The second-order valence-corrected chi connectivity index (χ2v) is 3.22. The van der Waals surface area contributed by atoms with Crippen molar-refractivity contribution >= 4 is 21.6 Å². The number of nitrogens with zero attached hydrogens (tertiary/aromatic N) is 1. The average Bonchev–Trinajstić information content (AvgIpc) is 2.68. The van der Waals surface area contributed by atoms with Crippen molar-refractivity contribution in [3.05, 3.63) is 23.9 Å². The number of hydrogen-bond acceptors (Lipinski definition) is 3. The van der Waals surface area contributed by atoms with Gasteiger partial charge in [0, 0.05) is 0 Å². The smallest absolute Gasteiger partial charge is 0.126 e. The number of fused-ring (bicyclic) bond motifs is 1. The van der Waals surface area contributed by atoms with Gasteiger partial charge in [0.15, 0.2) is 0 Å². The highest BCUT2D eigenvalue weighted by molar-refractivity contribution is 7.13. The maximum absolute atomic E-state index is 9.41. The largest absolute Gasteiger partial charge is 0.507 e. The fourth-order valence-corrected chi connectivity index (χ4v) is 1.93. The van der Waals surface area contributed by atoms with Crippen LogP contribution >= 0.6 is 11.5 Å². The zero-order valence-corrected chi connectivity index (χ0v) is 10.9. The van der Waals surface area contributed by atoms with Crippen LogP contribution in [-0.4, -0.2) is 9.48 Å². The quantitative estimate of drug-likeness (QED) is 0.722. The highest BCUT2D eigenvalue weighted by Gasteiger charge is 2.04. The van der Waals surface area contributed by atoms with Crippen molar-refractivity contribution in [3.8, 4) is 5.75 Å². The minimum Gasteiger partial charge on any atom is -0.507 e. The molecule has 0 unspecified atom stereocenters. The molecule has 0 saturated heterocycles. The van der Waals surface area contributed by atoms with Gasteiger partial charge >= 0.3 is 0 Å². The van der Waals surface area contributed by atoms with Crippen molar-refractivity contribution < 1.29 is 5.11 Å². The Bertz CT molecular complexity index is 395. The topological polar surface area (TPSA) is 33.1 Å². The van der Waals surface area contributed by atoms with Gasteiger partial charge in [-0.2, -0.15) is 4.37 Å². The molecule has 1 heterocycles. The van der Waals surface area contributed by atoms with E-state index in [0.29, 0.717) is 5.75 Å². The zero-order valence-electron chi connectivity index (χ0n) is 10.0. The third-order valence-corrected chi connectivity index (χ3v) is 2.55. The minimum atomic E-state index is 0.328. The standard InChI is InChI=1S/C8H7NOS.2C2H6/c1-5-8-6(10)3-2-4-7(8)11-9-5;2*1-2/h2-4,10H,1H3;2*1-2H3. The van der Waals surface area contributed by atoms with Crippen molar-refractivity contribution in [1.82, 2.24) is 4.37 Å². The second kappa shape index (κ2) is 7.23. The summed E-state index contributed by atoms with van der Waals surface area (Å²) in [5.41, 5.74) is 0.906. The summed E-state index contributed by atoms with van der Waals surface area (Å²) >= 11 is 1.42. The maximum Gasteiger partial charge on any atom is 0.126 e. The summed E-state index contributed by atoms with van der Waals surface area (Å²) in [6.45, 7) is 9.90. The third-order valence-electron chi connectivity index (χ3n) is 1.65. The van der Waals surface area contributed by atoms with Gasteiger partial charge in [0.25, 0.3) is 0 Å². The third kappa shape index (κ3) is 3.20. The molecule has 0 aliphatic carbocycles. The van der Waals surface area contributed by atoms with Gasteiger partial charge in [-0.05, 0) is 30.6 Å². The van der Waals surface area contributed by atoms with Crippen LogP contribution in [0.2, 0.25) is 0 Å². The molecule has 1 aromatic heterocycles. The van der Waals surface area contributed by atoms with Gasteiger partial charge in [0.05, 0.1) is 15.8 Å². The van der Waals surface area contributed by atoms with E-state index >= 15 is 0 Å².